The van der Waals surface area contributed by atoms with Crippen molar-refractivity contribution >= 4 is 28.5 Å². The normalized spacial score (nSPS) is 17.7. The Labute approximate surface area is 120 Å². The molecule has 1 aromatic carbocycles. The number of rotatable bonds is 3. The van der Waals surface area contributed by atoms with Crippen molar-refractivity contribution in [3.05, 3.63) is 27.3 Å². The minimum absolute atomic E-state index is 0.0326. The molecule has 0 aliphatic heterocycles. The second-order valence-electron chi connectivity index (χ2n) is 4.77. The lowest BCUT2D eigenvalue weighted by Crippen LogP contribution is -2.49. The number of carbonyl (C=O) groups is 1. The van der Waals surface area contributed by atoms with Gasteiger partial charge in [-0.3, -0.25) is 4.79 Å². The molecule has 4 nitrogen and oxygen atoms in total. The van der Waals surface area contributed by atoms with Crippen molar-refractivity contribution in [1.82, 2.24) is 5.32 Å². The highest BCUT2D eigenvalue weighted by molar-refractivity contribution is 14.1. The third-order valence-corrected chi connectivity index (χ3v) is 4.36. The number of phenolic OH excluding ortho intramolecular Hbond substituents is 1. The molecule has 0 spiro atoms. The van der Waals surface area contributed by atoms with Crippen LogP contribution >= 0.6 is 22.6 Å². The fraction of sp³-hybridized carbons (Fsp3) is 0.462. The fourth-order valence-corrected chi connectivity index (χ4v) is 2.68. The number of carbonyl (C=O) groups excluding carboxylic acids is 1. The number of benzene rings is 1. The van der Waals surface area contributed by atoms with E-state index in [9.17, 15) is 15.0 Å². The zero-order valence-electron chi connectivity index (χ0n) is 9.95. The monoisotopic (exact) mass is 361 g/mol. The third-order valence-electron chi connectivity index (χ3n) is 3.45. The molecule has 1 aliphatic rings. The quantitative estimate of drug-likeness (QED) is 0.722. The summed E-state index contributed by atoms with van der Waals surface area (Å²) < 4.78 is 0.710. The number of halogens is 1. The van der Waals surface area contributed by atoms with Crippen molar-refractivity contribution in [2.75, 3.05) is 6.61 Å². The van der Waals surface area contributed by atoms with Crippen LogP contribution in [-0.4, -0.2) is 28.3 Å². The van der Waals surface area contributed by atoms with Crippen LogP contribution in [-0.2, 0) is 0 Å². The molecule has 2 rings (SSSR count). The highest BCUT2D eigenvalue weighted by Gasteiger charge is 2.34. The zero-order valence-corrected chi connectivity index (χ0v) is 12.1. The van der Waals surface area contributed by atoms with E-state index in [1.807, 2.05) is 22.6 Å². The van der Waals surface area contributed by atoms with Crippen molar-refractivity contribution < 1.29 is 15.0 Å². The molecule has 1 aliphatic carbocycles. The summed E-state index contributed by atoms with van der Waals surface area (Å²) in [6.07, 6.45) is 3.68. The lowest BCUT2D eigenvalue weighted by atomic mass is 9.98. The maximum atomic E-state index is 12.1. The smallest absolute Gasteiger partial charge is 0.251 e. The Morgan fingerprint density at radius 3 is 2.61 bits per heavy atom. The van der Waals surface area contributed by atoms with E-state index in [2.05, 4.69) is 5.32 Å². The summed E-state index contributed by atoms with van der Waals surface area (Å²) in [4.78, 5) is 12.1. The minimum atomic E-state index is -0.476. The van der Waals surface area contributed by atoms with E-state index in [1.54, 1.807) is 12.1 Å². The molecule has 0 unspecified atom stereocenters. The average Bonchev–Trinajstić information content (AvgIpc) is 2.82. The van der Waals surface area contributed by atoms with Crippen LogP contribution in [0.15, 0.2) is 18.2 Å². The van der Waals surface area contributed by atoms with E-state index in [-0.39, 0.29) is 18.3 Å². The maximum absolute atomic E-state index is 12.1. The number of aliphatic hydroxyl groups is 1. The predicted octanol–water partition coefficient (Wildman–Crippen LogP) is 2.03. The van der Waals surface area contributed by atoms with Crippen LogP contribution in [0.3, 0.4) is 0 Å². The summed E-state index contributed by atoms with van der Waals surface area (Å²) in [5.74, 6) is -0.134. The third kappa shape index (κ3) is 2.77. The Kier molecular flexibility index (Phi) is 4.11. The maximum Gasteiger partial charge on any atom is 0.251 e. The Bertz CT molecular complexity index is 456. The number of amides is 1. The molecule has 0 aromatic heterocycles. The highest BCUT2D eigenvalue weighted by atomic mass is 127. The second-order valence-corrected chi connectivity index (χ2v) is 5.93. The van der Waals surface area contributed by atoms with Crippen LogP contribution in [0.1, 0.15) is 36.0 Å². The summed E-state index contributed by atoms with van der Waals surface area (Å²) in [5, 5.41) is 21.9. The Hall–Kier alpha value is -0.820. The van der Waals surface area contributed by atoms with Gasteiger partial charge in [-0.2, -0.15) is 0 Å². The molecular weight excluding hydrogens is 345 g/mol. The first-order valence-corrected chi connectivity index (χ1v) is 7.06. The van der Waals surface area contributed by atoms with E-state index < -0.39 is 5.54 Å². The van der Waals surface area contributed by atoms with Gasteiger partial charge >= 0.3 is 0 Å². The van der Waals surface area contributed by atoms with Gasteiger partial charge in [0.25, 0.3) is 5.91 Å². The topological polar surface area (TPSA) is 69.6 Å². The van der Waals surface area contributed by atoms with Crippen molar-refractivity contribution in [2.45, 2.75) is 31.2 Å². The van der Waals surface area contributed by atoms with Crippen molar-refractivity contribution in [1.29, 1.82) is 0 Å². The molecule has 98 valence electrons. The van der Waals surface area contributed by atoms with Crippen molar-refractivity contribution in [3.63, 3.8) is 0 Å². The largest absolute Gasteiger partial charge is 0.507 e. The molecule has 18 heavy (non-hydrogen) atoms. The summed E-state index contributed by atoms with van der Waals surface area (Å²) in [7, 11) is 0. The molecule has 0 atom stereocenters. The van der Waals surface area contributed by atoms with Gasteiger partial charge in [0.15, 0.2) is 0 Å². The Morgan fingerprint density at radius 2 is 2.06 bits per heavy atom. The number of hydrogen-bond acceptors (Lipinski definition) is 3. The van der Waals surface area contributed by atoms with Gasteiger partial charge in [-0.15, -0.1) is 0 Å². The number of aliphatic hydroxyl groups excluding tert-OH is 1. The van der Waals surface area contributed by atoms with Gasteiger partial charge < -0.3 is 15.5 Å². The highest BCUT2D eigenvalue weighted by Crippen LogP contribution is 2.29. The van der Waals surface area contributed by atoms with Crippen LogP contribution in [0.2, 0.25) is 0 Å². The van der Waals surface area contributed by atoms with Crippen LogP contribution in [0.25, 0.3) is 0 Å². The molecule has 0 saturated heterocycles. The lowest BCUT2D eigenvalue weighted by molar-refractivity contribution is 0.0838. The summed E-state index contributed by atoms with van der Waals surface area (Å²) >= 11 is 2.00. The zero-order chi connectivity index (χ0) is 13.2. The summed E-state index contributed by atoms with van der Waals surface area (Å²) in [6.45, 7) is -0.0326. The molecule has 1 saturated carbocycles. The average molecular weight is 361 g/mol. The van der Waals surface area contributed by atoms with Gasteiger partial charge in [-0.25, -0.2) is 0 Å². The van der Waals surface area contributed by atoms with Crippen molar-refractivity contribution in [3.8, 4) is 5.75 Å². The van der Waals surface area contributed by atoms with Crippen molar-refractivity contribution in [2.24, 2.45) is 0 Å². The summed E-state index contributed by atoms with van der Waals surface area (Å²) in [5.41, 5.74) is -0.0527. The molecule has 1 amide bonds. The first-order valence-electron chi connectivity index (χ1n) is 5.98. The van der Waals surface area contributed by atoms with Gasteiger partial charge in [0.2, 0.25) is 0 Å². The second kappa shape index (κ2) is 5.44. The van der Waals surface area contributed by atoms with Gasteiger partial charge in [-0.1, -0.05) is 12.8 Å². The van der Waals surface area contributed by atoms with Crippen LogP contribution in [0.4, 0.5) is 0 Å². The minimum Gasteiger partial charge on any atom is -0.507 e. The predicted molar refractivity (Wildman–Crippen MR) is 76.6 cm³/mol. The molecule has 1 aromatic rings. The molecule has 0 heterocycles. The van der Waals surface area contributed by atoms with E-state index in [4.69, 9.17) is 0 Å². The molecular formula is C13H16INO3. The Balaban J connectivity index is 2.13. The van der Waals surface area contributed by atoms with Crippen LogP contribution in [0.5, 0.6) is 5.75 Å². The number of phenols is 1. The van der Waals surface area contributed by atoms with Gasteiger partial charge in [0.1, 0.15) is 5.75 Å². The van der Waals surface area contributed by atoms with Gasteiger partial charge in [0, 0.05) is 5.56 Å². The lowest BCUT2D eigenvalue weighted by Gasteiger charge is -2.28. The van der Waals surface area contributed by atoms with E-state index in [0.29, 0.717) is 9.13 Å². The first kappa shape index (κ1) is 13.6. The van der Waals surface area contributed by atoms with Gasteiger partial charge in [-0.05, 0) is 53.6 Å². The number of aromatic hydroxyl groups is 1. The standard InChI is InChI=1S/C13H16INO3/c14-10-4-3-9(7-11(10)17)12(18)15-13(8-16)5-1-2-6-13/h3-4,7,16-17H,1-2,5-6,8H2,(H,15,18). The number of nitrogens with one attached hydrogen (secondary N) is 1. The SMILES string of the molecule is O=C(NC1(CO)CCCC1)c1ccc(I)c(O)c1. The molecule has 0 bridgehead atoms. The van der Waals surface area contributed by atoms with Crippen LogP contribution in [0, 0.1) is 3.57 Å². The van der Waals surface area contributed by atoms with Crippen LogP contribution < -0.4 is 5.32 Å². The molecule has 5 heteroatoms. The Morgan fingerprint density at radius 1 is 1.39 bits per heavy atom. The summed E-state index contributed by atoms with van der Waals surface area (Å²) in [6, 6.07) is 4.83. The number of hydrogen-bond donors (Lipinski definition) is 3. The van der Waals surface area contributed by atoms with E-state index in [1.165, 1.54) is 6.07 Å². The molecule has 0 radical (unpaired) electrons. The van der Waals surface area contributed by atoms with Gasteiger partial charge in [0.05, 0.1) is 15.7 Å². The van der Waals surface area contributed by atoms with E-state index >= 15 is 0 Å². The molecule has 1 fully saturated rings. The van der Waals surface area contributed by atoms with E-state index in [0.717, 1.165) is 25.7 Å². The molecule has 3 N–H and O–H groups in total. The first-order chi connectivity index (χ1) is 8.56. The fourth-order valence-electron chi connectivity index (χ4n) is 2.34.